The topological polar surface area (TPSA) is 25.2 Å². The number of nitrogens with one attached hydrogen (secondary N) is 1. The second kappa shape index (κ2) is 3.80. The van der Waals surface area contributed by atoms with Crippen LogP contribution in [0.15, 0.2) is 34.7 Å². The second-order valence-corrected chi connectivity index (χ2v) is 3.42. The number of benzene rings is 1. The number of fused-ring (bicyclic) bond motifs is 1. The monoisotopic (exact) mass is 205 g/mol. The molecule has 0 atom stereocenters. The van der Waals surface area contributed by atoms with Crippen molar-refractivity contribution in [1.82, 2.24) is 5.32 Å². The fourth-order valence-corrected chi connectivity index (χ4v) is 1.59. The summed E-state index contributed by atoms with van der Waals surface area (Å²) in [5.74, 6) is 0.739. The fourth-order valence-electron chi connectivity index (χ4n) is 1.34. The van der Waals surface area contributed by atoms with Crippen LogP contribution < -0.4 is 5.32 Å². The normalized spacial score (nSPS) is 10.4. The molecule has 1 aromatic carbocycles. The van der Waals surface area contributed by atoms with Crippen molar-refractivity contribution in [3.63, 3.8) is 0 Å². The average Bonchev–Trinajstić information content (AvgIpc) is 2.61. The van der Waals surface area contributed by atoms with E-state index in [1.165, 1.54) is 0 Å². The molecule has 0 fully saturated rings. The van der Waals surface area contributed by atoms with E-state index in [2.05, 4.69) is 5.32 Å². The van der Waals surface area contributed by atoms with Gasteiger partial charge in [-0.2, -0.15) is 0 Å². The summed E-state index contributed by atoms with van der Waals surface area (Å²) in [6.07, 6.45) is 0. The highest BCUT2D eigenvalue weighted by Crippen LogP contribution is 2.18. The smallest absolute Gasteiger partial charge is 0.162 e. The van der Waals surface area contributed by atoms with E-state index < -0.39 is 0 Å². The quantitative estimate of drug-likeness (QED) is 0.763. The Labute approximate surface area is 87.9 Å². The summed E-state index contributed by atoms with van der Waals surface area (Å²) < 4.78 is 5.58. The first kappa shape index (κ1) is 9.21. The SMILES string of the molecule is CCNC(=S)c1cc2ccccc2o1. The van der Waals surface area contributed by atoms with Crippen LogP contribution in [0.1, 0.15) is 12.7 Å². The third-order valence-electron chi connectivity index (χ3n) is 1.99. The Balaban J connectivity index is 2.40. The molecule has 1 aromatic heterocycles. The first-order valence-electron chi connectivity index (χ1n) is 4.58. The zero-order chi connectivity index (χ0) is 9.97. The zero-order valence-electron chi connectivity index (χ0n) is 7.91. The van der Waals surface area contributed by atoms with Crippen molar-refractivity contribution >= 4 is 28.2 Å². The maximum Gasteiger partial charge on any atom is 0.162 e. The minimum absolute atomic E-state index is 0.670. The lowest BCUT2D eigenvalue weighted by atomic mass is 10.2. The Morgan fingerprint density at radius 3 is 2.93 bits per heavy atom. The molecule has 0 spiro atoms. The number of hydrogen-bond donors (Lipinski definition) is 1. The summed E-state index contributed by atoms with van der Waals surface area (Å²) in [5, 5.41) is 4.15. The molecular formula is C11H11NOS. The molecule has 0 aliphatic rings. The molecule has 2 nitrogen and oxygen atoms in total. The summed E-state index contributed by atoms with van der Waals surface area (Å²) in [4.78, 5) is 0.670. The van der Waals surface area contributed by atoms with Crippen molar-refractivity contribution in [3.05, 3.63) is 36.1 Å². The van der Waals surface area contributed by atoms with Gasteiger partial charge in [0.05, 0.1) is 0 Å². The molecule has 0 aliphatic heterocycles. The predicted octanol–water partition coefficient (Wildman–Crippen LogP) is 2.72. The van der Waals surface area contributed by atoms with Gasteiger partial charge in [0.1, 0.15) is 10.6 Å². The van der Waals surface area contributed by atoms with Gasteiger partial charge in [-0.3, -0.25) is 0 Å². The maximum absolute atomic E-state index is 5.58. The second-order valence-electron chi connectivity index (χ2n) is 3.01. The van der Waals surface area contributed by atoms with Crippen LogP contribution in [-0.4, -0.2) is 11.5 Å². The maximum atomic E-state index is 5.58. The summed E-state index contributed by atoms with van der Waals surface area (Å²) in [5.41, 5.74) is 0.878. The molecule has 2 rings (SSSR count). The van der Waals surface area contributed by atoms with Crippen molar-refractivity contribution in [2.75, 3.05) is 6.54 Å². The minimum Gasteiger partial charge on any atom is -0.454 e. The molecule has 0 unspecified atom stereocenters. The van der Waals surface area contributed by atoms with E-state index in [0.29, 0.717) is 4.99 Å². The van der Waals surface area contributed by atoms with Crippen LogP contribution in [0.2, 0.25) is 0 Å². The highest BCUT2D eigenvalue weighted by atomic mass is 32.1. The third-order valence-corrected chi connectivity index (χ3v) is 2.33. The van der Waals surface area contributed by atoms with E-state index in [4.69, 9.17) is 16.6 Å². The van der Waals surface area contributed by atoms with Gasteiger partial charge in [0.2, 0.25) is 0 Å². The number of hydrogen-bond acceptors (Lipinski definition) is 2. The van der Waals surface area contributed by atoms with Crippen LogP contribution in [0, 0.1) is 0 Å². The Bertz CT molecular complexity index is 428. The molecule has 0 amide bonds. The fraction of sp³-hybridized carbons (Fsp3) is 0.182. The molecule has 0 aliphatic carbocycles. The van der Waals surface area contributed by atoms with Gasteiger partial charge < -0.3 is 9.73 Å². The zero-order valence-corrected chi connectivity index (χ0v) is 8.73. The first-order chi connectivity index (χ1) is 6.81. The molecule has 1 N–H and O–H groups in total. The molecule has 0 radical (unpaired) electrons. The van der Waals surface area contributed by atoms with Gasteiger partial charge in [-0.05, 0) is 19.1 Å². The molecule has 0 saturated heterocycles. The summed E-state index contributed by atoms with van der Waals surface area (Å²) >= 11 is 5.16. The first-order valence-corrected chi connectivity index (χ1v) is 4.99. The lowest BCUT2D eigenvalue weighted by Crippen LogP contribution is -2.20. The van der Waals surface area contributed by atoms with Crippen LogP contribution >= 0.6 is 12.2 Å². The van der Waals surface area contributed by atoms with Crippen molar-refractivity contribution in [1.29, 1.82) is 0 Å². The summed E-state index contributed by atoms with van der Waals surface area (Å²) in [6, 6.07) is 9.84. The van der Waals surface area contributed by atoms with Gasteiger partial charge in [-0.25, -0.2) is 0 Å². The molecular weight excluding hydrogens is 194 g/mol. The van der Waals surface area contributed by atoms with E-state index >= 15 is 0 Å². The van der Waals surface area contributed by atoms with Crippen LogP contribution in [-0.2, 0) is 0 Å². The average molecular weight is 205 g/mol. The largest absolute Gasteiger partial charge is 0.454 e. The lowest BCUT2D eigenvalue weighted by molar-refractivity contribution is 0.602. The van der Waals surface area contributed by atoms with E-state index in [-0.39, 0.29) is 0 Å². The third kappa shape index (κ3) is 1.63. The van der Waals surface area contributed by atoms with Gasteiger partial charge in [0, 0.05) is 11.9 Å². The Morgan fingerprint density at radius 1 is 1.43 bits per heavy atom. The number of thiocarbonyl (C=S) groups is 1. The van der Waals surface area contributed by atoms with Gasteiger partial charge in [0.25, 0.3) is 0 Å². The molecule has 14 heavy (non-hydrogen) atoms. The molecule has 1 heterocycles. The van der Waals surface area contributed by atoms with Crippen LogP contribution in [0.4, 0.5) is 0 Å². The summed E-state index contributed by atoms with van der Waals surface area (Å²) in [7, 11) is 0. The van der Waals surface area contributed by atoms with E-state index in [9.17, 15) is 0 Å². The van der Waals surface area contributed by atoms with E-state index in [1.807, 2.05) is 37.3 Å². The van der Waals surface area contributed by atoms with Gasteiger partial charge >= 0.3 is 0 Å². The van der Waals surface area contributed by atoms with Crippen LogP contribution in [0.5, 0.6) is 0 Å². The van der Waals surface area contributed by atoms with Crippen molar-refractivity contribution in [2.45, 2.75) is 6.92 Å². The van der Waals surface area contributed by atoms with Crippen LogP contribution in [0.25, 0.3) is 11.0 Å². The van der Waals surface area contributed by atoms with Crippen molar-refractivity contribution in [2.24, 2.45) is 0 Å². The van der Waals surface area contributed by atoms with Crippen molar-refractivity contribution < 1.29 is 4.42 Å². The lowest BCUT2D eigenvalue weighted by Gasteiger charge is -1.99. The highest BCUT2D eigenvalue weighted by molar-refractivity contribution is 7.80. The van der Waals surface area contributed by atoms with E-state index in [0.717, 1.165) is 23.3 Å². The standard InChI is InChI=1S/C11H11NOS/c1-2-12-11(14)10-7-8-5-3-4-6-9(8)13-10/h3-7H,2H2,1H3,(H,12,14). The van der Waals surface area contributed by atoms with Gasteiger partial charge in [-0.15, -0.1) is 0 Å². The highest BCUT2D eigenvalue weighted by Gasteiger charge is 2.06. The molecule has 3 heteroatoms. The van der Waals surface area contributed by atoms with E-state index in [1.54, 1.807) is 0 Å². The number of rotatable bonds is 2. The Morgan fingerprint density at radius 2 is 2.21 bits per heavy atom. The Kier molecular flexibility index (Phi) is 2.50. The molecule has 0 bridgehead atoms. The number of para-hydroxylation sites is 1. The molecule has 2 aromatic rings. The van der Waals surface area contributed by atoms with Gasteiger partial charge in [0.15, 0.2) is 5.76 Å². The van der Waals surface area contributed by atoms with Crippen LogP contribution in [0.3, 0.4) is 0 Å². The molecule has 72 valence electrons. The van der Waals surface area contributed by atoms with Gasteiger partial charge in [-0.1, -0.05) is 30.4 Å². The number of furan rings is 1. The summed E-state index contributed by atoms with van der Waals surface area (Å²) in [6.45, 7) is 2.82. The molecule has 0 saturated carbocycles. The van der Waals surface area contributed by atoms with Crippen molar-refractivity contribution in [3.8, 4) is 0 Å². The minimum atomic E-state index is 0.670. The predicted molar refractivity (Wildman–Crippen MR) is 61.6 cm³/mol. The Hall–Kier alpha value is -1.35.